The molecule has 116 valence electrons. The molecular weight excluding hydrogens is 308 g/mol. The Morgan fingerprint density at radius 2 is 1.77 bits per heavy atom. The van der Waals surface area contributed by atoms with Gasteiger partial charge in [-0.25, -0.2) is 8.78 Å². The van der Waals surface area contributed by atoms with Crippen LogP contribution in [0.4, 0.5) is 8.78 Å². The molecule has 0 spiro atoms. The van der Waals surface area contributed by atoms with Crippen molar-refractivity contribution in [2.24, 2.45) is 0 Å². The van der Waals surface area contributed by atoms with Crippen molar-refractivity contribution in [1.29, 1.82) is 0 Å². The van der Waals surface area contributed by atoms with E-state index in [-0.39, 0.29) is 16.6 Å². The van der Waals surface area contributed by atoms with E-state index in [4.69, 9.17) is 11.6 Å². The van der Waals surface area contributed by atoms with Gasteiger partial charge in [0.15, 0.2) is 11.6 Å². The zero-order chi connectivity index (χ0) is 16.3. The van der Waals surface area contributed by atoms with E-state index in [1.807, 2.05) is 31.2 Å². The lowest BCUT2D eigenvalue weighted by Gasteiger charge is -2.15. The average molecular weight is 324 g/mol. The molecular formula is C17H16ClF2NO. The van der Waals surface area contributed by atoms with Crippen LogP contribution >= 0.6 is 11.6 Å². The number of nitrogens with one attached hydrogen (secondary N) is 1. The Bertz CT molecular complexity index is 686. The summed E-state index contributed by atoms with van der Waals surface area (Å²) in [5.41, 5.74) is 2.03. The third-order valence-corrected chi connectivity index (χ3v) is 3.80. The number of carbonyl (C=O) groups is 1. The molecule has 1 N–H and O–H groups in total. The van der Waals surface area contributed by atoms with Gasteiger partial charge >= 0.3 is 0 Å². The van der Waals surface area contributed by atoms with Gasteiger partial charge in [0.2, 0.25) is 0 Å². The Hall–Kier alpha value is -1.94. The van der Waals surface area contributed by atoms with E-state index in [1.165, 1.54) is 5.56 Å². The predicted molar refractivity (Wildman–Crippen MR) is 83.1 cm³/mol. The SMILES string of the molecule is CCc1ccc(C(C)NC(=O)c2cc(F)c(F)cc2Cl)cc1. The first kappa shape index (κ1) is 16.4. The molecule has 0 saturated heterocycles. The molecule has 0 saturated carbocycles. The van der Waals surface area contributed by atoms with Gasteiger partial charge in [0.1, 0.15) is 0 Å². The van der Waals surface area contributed by atoms with Gasteiger partial charge < -0.3 is 5.32 Å². The number of hydrogen-bond donors (Lipinski definition) is 1. The Morgan fingerprint density at radius 3 is 2.36 bits per heavy atom. The van der Waals surface area contributed by atoms with Gasteiger partial charge in [-0.1, -0.05) is 42.8 Å². The summed E-state index contributed by atoms with van der Waals surface area (Å²) in [6.45, 7) is 3.87. The van der Waals surface area contributed by atoms with Gasteiger partial charge in [-0.2, -0.15) is 0 Å². The van der Waals surface area contributed by atoms with Crippen molar-refractivity contribution in [3.8, 4) is 0 Å². The highest BCUT2D eigenvalue weighted by Crippen LogP contribution is 2.21. The van der Waals surface area contributed by atoms with E-state index >= 15 is 0 Å². The molecule has 0 aromatic heterocycles. The number of amides is 1. The van der Waals surface area contributed by atoms with Gasteiger partial charge in [-0.15, -0.1) is 0 Å². The minimum Gasteiger partial charge on any atom is -0.345 e. The zero-order valence-electron chi connectivity index (χ0n) is 12.3. The minimum absolute atomic E-state index is 0.0856. The number of benzene rings is 2. The Balaban J connectivity index is 2.15. The Labute approximate surface area is 133 Å². The first-order chi connectivity index (χ1) is 10.4. The van der Waals surface area contributed by atoms with Gasteiger partial charge in [0.25, 0.3) is 5.91 Å². The second-order valence-corrected chi connectivity index (χ2v) is 5.44. The highest BCUT2D eigenvalue weighted by molar-refractivity contribution is 6.33. The van der Waals surface area contributed by atoms with Crippen molar-refractivity contribution in [1.82, 2.24) is 5.32 Å². The molecule has 0 radical (unpaired) electrons. The van der Waals surface area contributed by atoms with Gasteiger partial charge in [-0.05, 0) is 36.6 Å². The van der Waals surface area contributed by atoms with Gasteiger partial charge in [0.05, 0.1) is 16.6 Å². The van der Waals surface area contributed by atoms with E-state index in [9.17, 15) is 13.6 Å². The molecule has 1 unspecified atom stereocenters. The molecule has 2 aromatic rings. The summed E-state index contributed by atoms with van der Waals surface area (Å²) in [6, 6.07) is 9.16. The molecule has 0 bridgehead atoms. The third-order valence-electron chi connectivity index (χ3n) is 3.49. The standard InChI is InChI=1S/C17H16ClF2NO/c1-3-11-4-6-12(7-5-11)10(2)21-17(22)13-8-15(19)16(20)9-14(13)18/h4-10H,3H2,1-2H3,(H,21,22). The van der Waals surface area contributed by atoms with Crippen molar-refractivity contribution in [2.45, 2.75) is 26.3 Å². The summed E-state index contributed by atoms with van der Waals surface area (Å²) >= 11 is 5.80. The van der Waals surface area contributed by atoms with Crippen molar-refractivity contribution in [3.63, 3.8) is 0 Å². The van der Waals surface area contributed by atoms with Crippen molar-refractivity contribution in [3.05, 3.63) is 69.7 Å². The molecule has 5 heteroatoms. The van der Waals surface area contributed by atoms with Crippen LogP contribution in [0.5, 0.6) is 0 Å². The molecule has 0 heterocycles. The predicted octanol–water partition coefficient (Wildman–Crippen LogP) is 4.67. The molecule has 0 aliphatic rings. The maximum absolute atomic E-state index is 13.2. The lowest BCUT2D eigenvalue weighted by Crippen LogP contribution is -2.27. The normalized spacial score (nSPS) is 12.0. The quantitative estimate of drug-likeness (QED) is 0.814. The summed E-state index contributed by atoms with van der Waals surface area (Å²) < 4.78 is 26.3. The van der Waals surface area contributed by atoms with Crippen molar-refractivity contribution >= 4 is 17.5 Å². The molecule has 0 aliphatic heterocycles. The monoisotopic (exact) mass is 323 g/mol. The highest BCUT2D eigenvalue weighted by Gasteiger charge is 2.17. The molecule has 0 fully saturated rings. The zero-order valence-corrected chi connectivity index (χ0v) is 13.0. The van der Waals surface area contributed by atoms with Crippen LogP contribution in [-0.4, -0.2) is 5.91 Å². The van der Waals surface area contributed by atoms with E-state index < -0.39 is 17.5 Å². The van der Waals surface area contributed by atoms with Gasteiger partial charge in [-0.3, -0.25) is 4.79 Å². The van der Waals surface area contributed by atoms with Gasteiger partial charge in [0, 0.05) is 0 Å². The number of carbonyl (C=O) groups excluding carboxylic acids is 1. The largest absolute Gasteiger partial charge is 0.345 e. The number of hydrogen-bond acceptors (Lipinski definition) is 1. The lowest BCUT2D eigenvalue weighted by molar-refractivity contribution is 0.0939. The van der Waals surface area contributed by atoms with Crippen LogP contribution in [0.25, 0.3) is 0 Å². The molecule has 1 amide bonds. The topological polar surface area (TPSA) is 29.1 Å². The molecule has 22 heavy (non-hydrogen) atoms. The van der Waals surface area contributed by atoms with E-state index in [0.29, 0.717) is 0 Å². The van der Waals surface area contributed by atoms with Crippen LogP contribution in [0.3, 0.4) is 0 Å². The second-order valence-electron chi connectivity index (χ2n) is 5.04. The second kappa shape index (κ2) is 6.88. The summed E-state index contributed by atoms with van der Waals surface area (Å²) in [4.78, 5) is 12.2. The number of rotatable bonds is 4. The fourth-order valence-electron chi connectivity index (χ4n) is 2.10. The summed E-state index contributed by atoms with van der Waals surface area (Å²) in [7, 11) is 0. The lowest BCUT2D eigenvalue weighted by atomic mass is 10.0. The average Bonchev–Trinajstić information content (AvgIpc) is 2.50. The van der Waals surface area contributed by atoms with Crippen LogP contribution in [0.1, 0.15) is 41.4 Å². The Morgan fingerprint density at radius 1 is 1.18 bits per heavy atom. The maximum atomic E-state index is 13.2. The Kier molecular flexibility index (Phi) is 5.14. The van der Waals surface area contributed by atoms with Crippen LogP contribution < -0.4 is 5.32 Å². The van der Waals surface area contributed by atoms with Crippen LogP contribution in [0.2, 0.25) is 5.02 Å². The molecule has 2 nitrogen and oxygen atoms in total. The number of aryl methyl sites for hydroxylation is 1. The summed E-state index contributed by atoms with van der Waals surface area (Å²) in [6.07, 6.45) is 0.936. The minimum atomic E-state index is -1.10. The van der Waals surface area contributed by atoms with Crippen LogP contribution in [0.15, 0.2) is 36.4 Å². The molecule has 0 aliphatic carbocycles. The first-order valence-corrected chi connectivity index (χ1v) is 7.34. The molecule has 2 aromatic carbocycles. The van der Waals surface area contributed by atoms with E-state index in [0.717, 1.165) is 24.1 Å². The van der Waals surface area contributed by atoms with Crippen molar-refractivity contribution in [2.75, 3.05) is 0 Å². The molecule has 1 atom stereocenters. The fraction of sp³-hybridized carbons (Fsp3) is 0.235. The maximum Gasteiger partial charge on any atom is 0.253 e. The van der Waals surface area contributed by atoms with E-state index in [2.05, 4.69) is 12.2 Å². The number of halogens is 3. The first-order valence-electron chi connectivity index (χ1n) is 6.96. The van der Waals surface area contributed by atoms with Crippen LogP contribution in [0, 0.1) is 11.6 Å². The highest BCUT2D eigenvalue weighted by atomic mass is 35.5. The smallest absolute Gasteiger partial charge is 0.253 e. The van der Waals surface area contributed by atoms with Crippen molar-refractivity contribution < 1.29 is 13.6 Å². The third kappa shape index (κ3) is 3.63. The fourth-order valence-corrected chi connectivity index (χ4v) is 2.33. The van der Waals surface area contributed by atoms with E-state index in [1.54, 1.807) is 0 Å². The van der Waals surface area contributed by atoms with Crippen LogP contribution in [-0.2, 0) is 6.42 Å². The summed E-state index contributed by atoms with van der Waals surface area (Å²) in [5.74, 6) is -2.73. The summed E-state index contributed by atoms with van der Waals surface area (Å²) in [5, 5.41) is 2.60. The molecule has 2 rings (SSSR count).